The zero-order chi connectivity index (χ0) is 11.1. The van der Waals surface area contributed by atoms with Gasteiger partial charge >= 0.3 is 0 Å². The Morgan fingerprint density at radius 1 is 1.38 bits per heavy atom. The van der Waals surface area contributed by atoms with Crippen molar-refractivity contribution < 1.29 is 0 Å². The quantitative estimate of drug-likeness (QED) is 0.846. The SMILES string of the molecule is Clc1c(Br)cccc1-c1nncn1C1CC1. The van der Waals surface area contributed by atoms with Gasteiger partial charge in [-0.25, -0.2) is 0 Å². The topological polar surface area (TPSA) is 30.7 Å². The molecule has 1 aromatic carbocycles. The Kier molecular flexibility index (Phi) is 2.48. The van der Waals surface area contributed by atoms with E-state index in [4.69, 9.17) is 11.6 Å². The monoisotopic (exact) mass is 297 g/mol. The minimum absolute atomic E-state index is 0.556. The van der Waals surface area contributed by atoms with Gasteiger partial charge in [0, 0.05) is 16.1 Å². The van der Waals surface area contributed by atoms with Crippen LogP contribution in [-0.4, -0.2) is 14.8 Å². The predicted octanol–water partition coefficient (Wildman–Crippen LogP) is 3.70. The molecule has 3 rings (SSSR count). The third-order valence-electron chi connectivity index (χ3n) is 2.71. The lowest BCUT2D eigenvalue weighted by atomic mass is 10.2. The van der Waals surface area contributed by atoms with Crippen molar-refractivity contribution in [3.63, 3.8) is 0 Å². The van der Waals surface area contributed by atoms with Crippen molar-refractivity contribution in [3.05, 3.63) is 34.0 Å². The highest BCUT2D eigenvalue weighted by atomic mass is 79.9. The summed E-state index contributed by atoms with van der Waals surface area (Å²) in [7, 11) is 0. The molecular weight excluding hydrogens is 289 g/mol. The number of hydrogen-bond acceptors (Lipinski definition) is 2. The Morgan fingerprint density at radius 2 is 2.19 bits per heavy atom. The molecule has 2 aromatic rings. The molecule has 1 saturated carbocycles. The molecule has 1 aliphatic rings. The molecule has 16 heavy (non-hydrogen) atoms. The maximum absolute atomic E-state index is 6.25. The van der Waals surface area contributed by atoms with Gasteiger partial charge in [-0.05, 0) is 40.9 Å². The molecule has 5 heteroatoms. The van der Waals surface area contributed by atoms with Crippen molar-refractivity contribution in [2.75, 3.05) is 0 Å². The lowest BCUT2D eigenvalue weighted by Crippen LogP contribution is -1.96. The third-order valence-corrected chi connectivity index (χ3v) is 4.00. The molecule has 0 aliphatic heterocycles. The average Bonchev–Trinajstić information content (AvgIpc) is 3.01. The average molecular weight is 299 g/mol. The minimum Gasteiger partial charge on any atom is -0.310 e. The van der Waals surface area contributed by atoms with Crippen LogP contribution in [0, 0.1) is 0 Å². The van der Waals surface area contributed by atoms with E-state index in [1.54, 1.807) is 6.33 Å². The number of benzene rings is 1. The van der Waals surface area contributed by atoms with Gasteiger partial charge in [-0.2, -0.15) is 0 Å². The summed E-state index contributed by atoms with van der Waals surface area (Å²) in [6.45, 7) is 0. The van der Waals surface area contributed by atoms with Gasteiger partial charge in [0.15, 0.2) is 5.82 Å². The first-order valence-electron chi connectivity index (χ1n) is 5.11. The second-order valence-corrected chi connectivity index (χ2v) is 5.13. The van der Waals surface area contributed by atoms with Crippen molar-refractivity contribution in [3.8, 4) is 11.4 Å². The Hall–Kier alpha value is -0.870. The van der Waals surface area contributed by atoms with Gasteiger partial charge in [0.1, 0.15) is 6.33 Å². The van der Waals surface area contributed by atoms with Gasteiger partial charge in [-0.15, -0.1) is 10.2 Å². The Balaban J connectivity index is 2.14. The first-order chi connectivity index (χ1) is 7.77. The summed E-state index contributed by atoms with van der Waals surface area (Å²) in [6, 6.07) is 6.40. The lowest BCUT2D eigenvalue weighted by molar-refractivity contribution is 0.746. The first-order valence-corrected chi connectivity index (χ1v) is 6.28. The van der Waals surface area contributed by atoms with Crippen LogP contribution in [0.25, 0.3) is 11.4 Å². The van der Waals surface area contributed by atoms with E-state index in [9.17, 15) is 0 Å². The summed E-state index contributed by atoms with van der Waals surface area (Å²) < 4.78 is 2.99. The summed E-state index contributed by atoms with van der Waals surface area (Å²) in [5.74, 6) is 0.855. The Labute approximate surface area is 107 Å². The molecule has 0 saturated heterocycles. The van der Waals surface area contributed by atoms with Crippen LogP contribution in [0.4, 0.5) is 0 Å². The fourth-order valence-corrected chi connectivity index (χ4v) is 2.31. The molecule has 82 valence electrons. The van der Waals surface area contributed by atoms with E-state index in [2.05, 4.69) is 30.7 Å². The van der Waals surface area contributed by atoms with Crippen LogP contribution in [0.1, 0.15) is 18.9 Å². The highest BCUT2D eigenvalue weighted by molar-refractivity contribution is 9.10. The Bertz CT molecular complexity index is 534. The third kappa shape index (κ3) is 1.66. The highest BCUT2D eigenvalue weighted by Gasteiger charge is 2.27. The summed E-state index contributed by atoms with van der Waals surface area (Å²) in [5, 5.41) is 8.82. The standard InChI is InChI=1S/C11H9BrClN3/c12-9-3-1-2-8(10(9)13)11-15-14-6-16(11)7-4-5-7/h1-3,6-7H,4-5H2. The molecule has 0 spiro atoms. The first kappa shape index (κ1) is 10.3. The molecule has 0 atom stereocenters. The van der Waals surface area contributed by atoms with Crippen LogP contribution in [0.3, 0.4) is 0 Å². The van der Waals surface area contributed by atoms with Crippen molar-refractivity contribution in [1.82, 2.24) is 14.8 Å². The van der Waals surface area contributed by atoms with E-state index in [0.717, 1.165) is 15.9 Å². The van der Waals surface area contributed by atoms with Crippen LogP contribution in [0.5, 0.6) is 0 Å². The smallest absolute Gasteiger partial charge is 0.165 e. The number of hydrogen-bond donors (Lipinski definition) is 0. The maximum Gasteiger partial charge on any atom is 0.165 e. The molecule has 0 bridgehead atoms. The van der Waals surface area contributed by atoms with Crippen LogP contribution in [-0.2, 0) is 0 Å². The summed E-state index contributed by atoms with van der Waals surface area (Å²) in [5.41, 5.74) is 0.931. The molecule has 1 fully saturated rings. The van der Waals surface area contributed by atoms with Gasteiger partial charge in [-0.3, -0.25) is 0 Å². The maximum atomic E-state index is 6.25. The van der Waals surface area contributed by atoms with Crippen LogP contribution in [0.15, 0.2) is 29.0 Å². The molecule has 1 heterocycles. The van der Waals surface area contributed by atoms with Gasteiger partial charge in [-0.1, -0.05) is 17.7 Å². The predicted molar refractivity (Wildman–Crippen MR) is 66.4 cm³/mol. The molecular formula is C11H9BrClN3. The zero-order valence-corrected chi connectivity index (χ0v) is 10.7. The van der Waals surface area contributed by atoms with E-state index in [1.165, 1.54) is 12.8 Å². The van der Waals surface area contributed by atoms with Crippen molar-refractivity contribution in [2.45, 2.75) is 18.9 Å². The molecule has 0 radical (unpaired) electrons. The highest BCUT2D eigenvalue weighted by Crippen LogP contribution is 2.39. The molecule has 0 N–H and O–H groups in total. The van der Waals surface area contributed by atoms with Gasteiger partial charge in [0.05, 0.1) is 5.02 Å². The zero-order valence-electron chi connectivity index (χ0n) is 8.40. The number of nitrogens with zero attached hydrogens (tertiary/aromatic N) is 3. The van der Waals surface area contributed by atoms with Crippen LogP contribution < -0.4 is 0 Å². The Morgan fingerprint density at radius 3 is 2.94 bits per heavy atom. The van der Waals surface area contributed by atoms with Crippen molar-refractivity contribution in [1.29, 1.82) is 0 Å². The normalized spacial score (nSPS) is 15.4. The van der Waals surface area contributed by atoms with Crippen molar-refractivity contribution >= 4 is 27.5 Å². The second-order valence-electron chi connectivity index (χ2n) is 3.89. The van der Waals surface area contributed by atoms with Gasteiger partial charge < -0.3 is 4.57 Å². The summed E-state index contributed by atoms with van der Waals surface area (Å²) in [6.07, 6.45) is 4.19. The molecule has 3 nitrogen and oxygen atoms in total. The molecule has 0 amide bonds. The largest absolute Gasteiger partial charge is 0.310 e. The van der Waals surface area contributed by atoms with E-state index in [-0.39, 0.29) is 0 Å². The van der Waals surface area contributed by atoms with E-state index >= 15 is 0 Å². The molecule has 1 aromatic heterocycles. The second kappa shape index (κ2) is 3.86. The lowest BCUT2D eigenvalue weighted by Gasteiger charge is -2.07. The molecule has 1 aliphatic carbocycles. The fourth-order valence-electron chi connectivity index (χ4n) is 1.73. The van der Waals surface area contributed by atoms with Crippen LogP contribution in [0.2, 0.25) is 5.02 Å². The summed E-state index contributed by atoms with van der Waals surface area (Å²) in [4.78, 5) is 0. The van der Waals surface area contributed by atoms with E-state index in [0.29, 0.717) is 11.1 Å². The number of rotatable bonds is 2. The van der Waals surface area contributed by atoms with Gasteiger partial charge in [0.2, 0.25) is 0 Å². The summed E-state index contributed by atoms with van der Waals surface area (Å²) >= 11 is 9.67. The molecule has 0 unspecified atom stereocenters. The number of halogens is 2. The minimum atomic E-state index is 0.556. The van der Waals surface area contributed by atoms with Crippen LogP contribution >= 0.6 is 27.5 Å². The van der Waals surface area contributed by atoms with E-state index in [1.807, 2.05) is 18.2 Å². The fraction of sp³-hybridized carbons (Fsp3) is 0.273. The number of aromatic nitrogens is 3. The van der Waals surface area contributed by atoms with Gasteiger partial charge in [0.25, 0.3) is 0 Å². The van der Waals surface area contributed by atoms with Crippen molar-refractivity contribution in [2.24, 2.45) is 0 Å². The van der Waals surface area contributed by atoms with E-state index < -0.39 is 0 Å².